The van der Waals surface area contributed by atoms with Gasteiger partial charge in [0.1, 0.15) is 11.3 Å². The number of aromatic nitrogens is 4. The maximum atomic E-state index is 12.8. The van der Waals surface area contributed by atoms with Crippen LogP contribution in [-0.4, -0.2) is 40.1 Å². The maximum absolute atomic E-state index is 12.8. The summed E-state index contributed by atoms with van der Waals surface area (Å²) in [6.45, 7) is 3.47. The summed E-state index contributed by atoms with van der Waals surface area (Å²) in [7, 11) is -3.42. The topological polar surface area (TPSA) is 131 Å². The van der Waals surface area contributed by atoms with E-state index >= 15 is 0 Å². The van der Waals surface area contributed by atoms with Crippen molar-refractivity contribution in [3.63, 3.8) is 0 Å². The highest BCUT2D eigenvalue weighted by Gasteiger charge is 2.19. The Morgan fingerprint density at radius 3 is 2.81 bits per heavy atom. The van der Waals surface area contributed by atoms with Gasteiger partial charge in [0.2, 0.25) is 21.7 Å². The van der Waals surface area contributed by atoms with Crippen molar-refractivity contribution in [2.45, 2.75) is 19.9 Å². The molecule has 1 amide bonds. The molecule has 3 heterocycles. The van der Waals surface area contributed by atoms with E-state index in [-0.39, 0.29) is 17.6 Å². The largest absolute Gasteiger partial charge is 0.337 e. The van der Waals surface area contributed by atoms with E-state index in [1.165, 1.54) is 6.20 Å². The number of fused-ring (bicyclic) bond motifs is 1. The molecule has 0 aliphatic rings. The van der Waals surface area contributed by atoms with Crippen LogP contribution in [0.1, 0.15) is 34.9 Å². The molecule has 160 valence electrons. The molecule has 4 aromatic rings. The molecule has 1 atom stereocenters. The average molecular weight is 440 g/mol. The average Bonchev–Trinajstić information content (AvgIpc) is 3.36. The van der Waals surface area contributed by atoms with Gasteiger partial charge in [-0.05, 0) is 37.6 Å². The Bertz CT molecular complexity index is 1380. The quantitative estimate of drug-likeness (QED) is 0.471. The van der Waals surface area contributed by atoms with Gasteiger partial charge in [0.25, 0.3) is 5.91 Å². The number of carbonyl (C=O) groups is 1. The molecule has 2 N–H and O–H groups in total. The molecule has 10 nitrogen and oxygen atoms in total. The number of rotatable bonds is 6. The molecule has 11 heteroatoms. The fraction of sp³-hybridized carbons (Fsp3) is 0.200. The Morgan fingerprint density at radius 1 is 1.23 bits per heavy atom. The number of hydrogen-bond acceptors (Lipinski definition) is 7. The minimum absolute atomic E-state index is 0.136. The van der Waals surface area contributed by atoms with E-state index in [1.54, 1.807) is 29.7 Å². The van der Waals surface area contributed by atoms with E-state index in [0.29, 0.717) is 22.6 Å². The van der Waals surface area contributed by atoms with Crippen LogP contribution in [0.25, 0.3) is 17.0 Å². The van der Waals surface area contributed by atoms with Crippen LogP contribution in [0.15, 0.2) is 53.3 Å². The lowest BCUT2D eigenvalue weighted by atomic mass is 10.1. The van der Waals surface area contributed by atoms with Crippen molar-refractivity contribution in [2.75, 3.05) is 11.6 Å². The van der Waals surface area contributed by atoms with E-state index in [1.807, 2.05) is 31.2 Å². The summed E-state index contributed by atoms with van der Waals surface area (Å²) in [4.78, 5) is 21.3. The van der Waals surface area contributed by atoms with Crippen LogP contribution < -0.4 is 10.0 Å². The number of anilines is 1. The number of imidazole rings is 1. The van der Waals surface area contributed by atoms with Crippen LogP contribution in [0.5, 0.6) is 0 Å². The third-order valence-electron chi connectivity index (χ3n) is 4.60. The first-order chi connectivity index (χ1) is 14.7. The number of amides is 1. The summed E-state index contributed by atoms with van der Waals surface area (Å²) in [6, 6.07) is 10.2. The highest BCUT2D eigenvalue weighted by molar-refractivity contribution is 7.88. The number of sulfonamides is 1. The zero-order valence-corrected chi connectivity index (χ0v) is 17.8. The van der Waals surface area contributed by atoms with Gasteiger partial charge in [0.05, 0.1) is 18.5 Å². The van der Waals surface area contributed by atoms with Gasteiger partial charge in [-0.25, -0.2) is 18.1 Å². The molecule has 3 aromatic heterocycles. The molecular weight excluding hydrogens is 420 g/mol. The summed E-state index contributed by atoms with van der Waals surface area (Å²) in [6.07, 6.45) is 4.35. The molecule has 0 saturated heterocycles. The van der Waals surface area contributed by atoms with Crippen molar-refractivity contribution in [2.24, 2.45) is 0 Å². The van der Waals surface area contributed by atoms with Crippen molar-refractivity contribution < 1.29 is 17.7 Å². The fourth-order valence-corrected chi connectivity index (χ4v) is 3.83. The van der Waals surface area contributed by atoms with Gasteiger partial charge in [0.15, 0.2) is 0 Å². The van der Waals surface area contributed by atoms with Gasteiger partial charge in [-0.1, -0.05) is 23.4 Å². The molecule has 1 aromatic carbocycles. The van der Waals surface area contributed by atoms with Crippen LogP contribution in [0.4, 0.5) is 5.69 Å². The second-order valence-electron chi connectivity index (χ2n) is 7.12. The number of carbonyl (C=O) groups excluding carboxylic acids is 1. The predicted molar refractivity (Wildman–Crippen MR) is 114 cm³/mol. The molecule has 0 saturated carbocycles. The zero-order chi connectivity index (χ0) is 22.2. The Kier molecular flexibility index (Phi) is 5.29. The lowest BCUT2D eigenvalue weighted by Gasteiger charge is -2.09. The Labute approximate surface area is 178 Å². The van der Waals surface area contributed by atoms with E-state index < -0.39 is 16.1 Å². The van der Waals surface area contributed by atoms with Crippen molar-refractivity contribution >= 4 is 27.3 Å². The molecule has 0 radical (unpaired) electrons. The number of pyridine rings is 1. The van der Waals surface area contributed by atoms with Gasteiger partial charge in [-0.15, -0.1) is 0 Å². The number of hydrogen-bond donors (Lipinski definition) is 2. The maximum Gasteiger partial charge on any atom is 0.274 e. The number of nitrogens with one attached hydrogen (secondary N) is 2. The molecule has 0 aliphatic heterocycles. The van der Waals surface area contributed by atoms with Crippen LogP contribution in [0.2, 0.25) is 0 Å². The lowest BCUT2D eigenvalue weighted by Crippen LogP contribution is -2.25. The summed E-state index contributed by atoms with van der Waals surface area (Å²) < 4.78 is 32.1. The third kappa shape index (κ3) is 4.47. The molecule has 0 spiro atoms. The van der Waals surface area contributed by atoms with Gasteiger partial charge in [-0.2, -0.15) is 4.98 Å². The van der Waals surface area contributed by atoms with Gasteiger partial charge < -0.3 is 9.84 Å². The number of benzene rings is 1. The van der Waals surface area contributed by atoms with Gasteiger partial charge in [0, 0.05) is 17.4 Å². The molecule has 0 aliphatic carbocycles. The van der Waals surface area contributed by atoms with Crippen molar-refractivity contribution in [1.29, 1.82) is 0 Å². The van der Waals surface area contributed by atoms with Crippen molar-refractivity contribution in [3.8, 4) is 11.4 Å². The molecular formula is C20H20N6O4S. The first-order valence-corrected chi connectivity index (χ1v) is 11.3. The van der Waals surface area contributed by atoms with E-state index in [0.717, 1.165) is 11.8 Å². The fourth-order valence-electron chi connectivity index (χ4n) is 3.08. The number of aryl methyl sites for hydroxylation is 1. The van der Waals surface area contributed by atoms with Crippen LogP contribution in [0.3, 0.4) is 0 Å². The Hall–Kier alpha value is -3.57. The van der Waals surface area contributed by atoms with Crippen LogP contribution in [0, 0.1) is 6.92 Å². The minimum Gasteiger partial charge on any atom is -0.337 e. The van der Waals surface area contributed by atoms with Crippen LogP contribution >= 0.6 is 0 Å². The SMILES string of the molecule is Cc1ccc(-c2noc([C@@H](C)NS(C)(=O)=O)n2)cc1NC(=O)c1cnc2ccccn12. The second-order valence-corrected chi connectivity index (χ2v) is 8.90. The highest BCUT2D eigenvalue weighted by Crippen LogP contribution is 2.25. The second kappa shape index (κ2) is 7.93. The number of nitrogens with zero attached hydrogens (tertiary/aromatic N) is 4. The molecule has 0 bridgehead atoms. The molecule has 0 fully saturated rings. The third-order valence-corrected chi connectivity index (χ3v) is 5.38. The molecule has 31 heavy (non-hydrogen) atoms. The Balaban J connectivity index is 1.59. The first-order valence-electron chi connectivity index (χ1n) is 9.36. The first kappa shape index (κ1) is 20.7. The smallest absolute Gasteiger partial charge is 0.274 e. The summed E-state index contributed by atoms with van der Waals surface area (Å²) in [5.41, 5.74) is 3.13. The normalized spacial score (nSPS) is 12.7. The Morgan fingerprint density at radius 2 is 2.03 bits per heavy atom. The zero-order valence-electron chi connectivity index (χ0n) is 17.0. The predicted octanol–water partition coefficient (Wildman–Crippen LogP) is 2.56. The lowest BCUT2D eigenvalue weighted by molar-refractivity contribution is 0.102. The molecule has 0 unspecified atom stereocenters. The summed E-state index contributed by atoms with van der Waals surface area (Å²) >= 11 is 0. The van der Waals surface area contributed by atoms with Gasteiger partial charge >= 0.3 is 0 Å². The summed E-state index contributed by atoms with van der Waals surface area (Å²) in [5, 5.41) is 6.83. The van der Waals surface area contributed by atoms with E-state index in [9.17, 15) is 13.2 Å². The van der Waals surface area contributed by atoms with Gasteiger partial charge in [-0.3, -0.25) is 9.20 Å². The monoisotopic (exact) mass is 440 g/mol. The van der Waals surface area contributed by atoms with Crippen molar-refractivity contribution in [3.05, 3.63) is 65.9 Å². The van der Waals surface area contributed by atoms with E-state index in [2.05, 4.69) is 25.2 Å². The summed E-state index contributed by atoms with van der Waals surface area (Å²) in [5.74, 6) is 0.110. The van der Waals surface area contributed by atoms with Crippen molar-refractivity contribution in [1.82, 2.24) is 24.2 Å². The van der Waals surface area contributed by atoms with Crippen LogP contribution in [-0.2, 0) is 10.0 Å². The van der Waals surface area contributed by atoms with E-state index in [4.69, 9.17) is 4.52 Å². The minimum atomic E-state index is -3.42. The standard InChI is InChI=1S/C20H20N6O4S/c1-12-7-8-14(18-23-20(30-24-18)13(2)25-31(3,28)29)10-15(12)22-19(27)16-11-21-17-6-4-5-9-26(16)17/h4-11,13,25H,1-3H3,(H,22,27)/t13-/m1/s1. The highest BCUT2D eigenvalue weighted by atomic mass is 32.2. The molecule has 4 rings (SSSR count).